The van der Waals surface area contributed by atoms with Gasteiger partial charge in [0.15, 0.2) is 0 Å². The van der Waals surface area contributed by atoms with Crippen molar-refractivity contribution in [2.75, 3.05) is 0 Å². The van der Waals surface area contributed by atoms with Gasteiger partial charge in [-0.15, -0.1) is 0 Å². The maximum Gasteiger partial charge on any atom is 0.219 e. The van der Waals surface area contributed by atoms with Crippen LogP contribution in [0.3, 0.4) is 0 Å². The molecule has 0 saturated heterocycles. The first kappa shape index (κ1) is 14.5. The fourth-order valence-electron chi connectivity index (χ4n) is 1.99. The second-order valence-electron chi connectivity index (χ2n) is 5.95. The molecule has 106 valence electrons. The zero-order valence-electron chi connectivity index (χ0n) is 12.4. The topological polar surface area (TPSA) is 42.4 Å². The fraction of sp³-hybridized carbons (Fsp3) is 0.353. The zero-order chi connectivity index (χ0) is 14.8. The molecule has 3 nitrogen and oxygen atoms in total. The number of benzene rings is 1. The third-order valence-electron chi connectivity index (χ3n) is 3.15. The molecule has 20 heavy (non-hydrogen) atoms. The molecule has 0 saturated carbocycles. The smallest absolute Gasteiger partial charge is 0.219 e. The van der Waals surface area contributed by atoms with Crippen molar-refractivity contribution in [2.24, 2.45) is 0 Å². The highest BCUT2D eigenvalue weighted by Crippen LogP contribution is 2.33. The van der Waals surface area contributed by atoms with E-state index in [9.17, 15) is 5.11 Å². The molecule has 0 bridgehead atoms. The predicted molar refractivity (Wildman–Crippen MR) is 80.1 cm³/mol. The fourth-order valence-corrected chi connectivity index (χ4v) is 1.99. The Balaban J connectivity index is 2.26. The zero-order valence-corrected chi connectivity index (χ0v) is 12.4. The highest BCUT2D eigenvalue weighted by atomic mass is 16.5. The van der Waals surface area contributed by atoms with Crippen molar-refractivity contribution in [3.8, 4) is 11.6 Å². The summed E-state index contributed by atoms with van der Waals surface area (Å²) in [5, 5.41) is 9.47. The molecule has 1 atom stereocenters. The number of aliphatic hydroxyl groups excluding tert-OH is 1. The third-order valence-corrected chi connectivity index (χ3v) is 3.15. The molecule has 3 heteroatoms. The van der Waals surface area contributed by atoms with Crippen LogP contribution in [0.5, 0.6) is 11.6 Å². The van der Waals surface area contributed by atoms with Crippen molar-refractivity contribution in [3.05, 3.63) is 53.7 Å². The van der Waals surface area contributed by atoms with E-state index < -0.39 is 6.10 Å². The number of hydrogen-bond donors (Lipinski definition) is 1. The van der Waals surface area contributed by atoms with Gasteiger partial charge in [0.2, 0.25) is 5.88 Å². The van der Waals surface area contributed by atoms with Crippen LogP contribution in [0, 0.1) is 0 Å². The summed E-state index contributed by atoms with van der Waals surface area (Å²) in [6.45, 7) is 8.17. The van der Waals surface area contributed by atoms with Crippen LogP contribution in [0.1, 0.15) is 44.9 Å². The Kier molecular flexibility index (Phi) is 4.09. The first-order chi connectivity index (χ1) is 9.38. The lowest BCUT2D eigenvalue weighted by molar-refractivity contribution is 0.198. The number of rotatable bonds is 3. The molecular formula is C17H21NO2. The lowest BCUT2D eigenvalue weighted by Crippen LogP contribution is -2.12. The maximum atomic E-state index is 9.47. The van der Waals surface area contributed by atoms with Crippen LogP contribution in [0.2, 0.25) is 0 Å². The van der Waals surface area contributed by atoms with Crippen LogP contribution in [-0.4, -0.2) is 10.1 Å². The minimum absolute atomic E-state index is 0.0101. The normalized spacial score (nSPS) is 13.1. The second kappa shape index (κ2) is 5.63. The first-order valence-corrected chi connectivity index (χ1v) is 6.79. The first-order valence-electron chi connectivity index (χ1n) is 6.79. The number of para-hydroxylation sites is 1. The van der Waals surface area contributed by atoms with Gasteiger partial charge in [0.05, 0.1) is 6.10 Å². The van der Waals surface area contributed by atoms with E-state index in [0.717, 1.165) is 16.9 Å². The molecule has 0 spiro atoms. The summed E-state index contributed by atoms with van der Waals surface area (Å²) in [4.78, 5) is 4.24. The largest absolute Gasteiger partial charge is 0.439 e. The minimum atomic E-state index is -0.515. The predicted octanol–water partition coefficient (Wildman–Crippen LogP) is 4.22. The molecule has 1 aromatic carbocycles. The highest BCUT2D eigenvalue weighted by molar-refractivity contribution is 5.40. The van der Waals surface area contributed by atoms with Crippen LogP contribution < -0.4 is 4.74 Å². The molecular weight excluding hydrogens is 250 g/mol. The Bertz CT molecular complexity index is 568. The van der Waals surface area contributed by atoms with Gasteiger partial charge in [-0.2, -0.15) is 0 Å². The van der Waals surface area contributed by atoms with Crippen molar-refractivity contribution in [2.45, 2.75) is 39.2 Å². The van der Waals surface area contributed by atoms with Crippen molar-refractivity contribution >= 4 is 0 Å². The SMILES string of the molecule is C[C@@H](O)c1ccc(Oc2ccccc2C(C)(C)C)nc1. The van der Waals surface area contributed by atoms with Gasteiger partial charge in [-0.3, -0.25) is 0 Å². The molecule has 0 aliphatic heterocycles. The van der Waals surface area contributed by atoms with Gasteiger partial charge in [0.1, 0.15) is 5.75 Å². The van der Waals surface area contributed by atoms with Crippen LogP contribution in [0.4, 0.5) is 0 Å². The molecule has 0 aliphatic rings. The van der Waals surface area contributed by atoms with Crippen molar-refractivity contribution < 1.29 is 9.84 Å². The van der Waals surface area contributed by atoms with E-state index in [0.29, 0.717) is 5.88 Å². The maximum absolute atomic E-state index is 9.47. The molecule has 0 radical (unpaired) electrons. The van der Waals surface area contributed by atoms with Crippen molar-refractivity contribution in [3.63, 3.8) is 0 Å². The van der Waals surface area contributed by atoms with E-state index in [4.69, 9.17) is 4.74 Å². The lowest BCUT2D eigenvalue weighted by atomic mass is 9.86. The van der Waals surface area contributed by atoms with E-state index in [2.05, 4.69) is 31.8 Å². The summed E-state index contributed by atoms with van der Waals surface area (Å²) in [7, 11) is 0. The number of aliphatic hydroxyl groups is 1. The number of nitrogens with zero attached hydrogens (tertiary/aromatic N) is 1. The van der Waals surface area contributed by atoms with Crippen LogP contribution in [0.15, 0.2) is 42.6 Å². The van der Waals surface area contributed by atoms with Gasteiger partial charge in [0, 0.05) is 17.8 Å². The average molecular weight is 271 g/mol. The summed E-state index contributed by atoms with van der Waals surface area (Å²) in [5.41, 5.74) is 1.93. The van der Waals surface area contributed by atoms with Gasteiger partial charge in [-0.05, 0) is 30.0 Å². The number of ether oxygens (including phenoxy) is 1. The molecule has 0 aliphatic carbocycles. The van der Waals surface area contributed by atoms with Crippen LogP contribution >= 0.6 is 0 Å². The lowest BCUT2D eigenvalue weighted by Gasteiger charge is -2.22. The Hall–Kier alpha value is -1.87. The molecule has 1 N–H and O–H groups in total. The van der Waals surface area contributed by atoms with E-state index in [1.54, 1.807) is 19.2 Å². The Morgan fingerprint density at radius 2 is 1.80 bits per heavy atom. The molecule has 2 rings (SSSR count). The molecule has 1 aromatic heterocycles. The van der Waals surface area contributed by atoms with Crippen molar-refractivity contribution in [1.82, 2.24) is 4.98 Å². The molecule has 0 fully saturated rings. The highest BCUT2D eigenvalue weighted by Gasteiger charge is 2.18. The van der Waals surface area contributed by atoms with Crippen LogP contribution in [-0.2, 0) is 5.41 Å². The third kappa shape index (κ3) is 3.36. The molecule has 0 amide bonds. The molecule has 0 unspecified atom stereocenters. The van der Waals surface area contributed by atoms with Gasteiger partial charge in [-0.25, -0.2) is 4.98 Å². The van der Waals surface area contributed by atoms with E-state index >= 15 is 0 Å². The van der Waals surface area contributed by atoms with Gasteiger partial charge in [0.25, 0.3) is 0 Å². The average Bonchev–Trinajstić information content (AvgIpc) is 2.38. The standard InChI is InChI=1S/C17H21NO2/c1-12(19)13-9-10-16(18-11-13)20-15-8-6-5-7-14(15)17(2,3)4/h5-12,19H,1-4H3/t12-/m1/s1. The Labute approximate surface area is 120 Å². The monoisotopic (exact) mass is 271 g/mol. The number of aromatic nitrogens is 1. The van der Waals surface area contributed by atoms with Gasteiger partial charge in [-0.1, -0.05) is 39.0 Å². The summed E-state index contributed by atoms with van der Waals surface area (Å²) in [6, 6.07) is 11.6. The van der Waals surface area contributed by atoms with Crippen molar-refractivity contribution in [1.29, 1.82) is 0 Å². The van der Waals surface area contributed by atoms with E-state index in [1.165, 1.54) is 0 Å². The number of pyridine rings is 1. The van der Waals surface area contributed by atoms with E-state index in [-0.39, 0.29) is 5.41 Å². The summed E-state index contributed by atoms with van der Waals surface area (Å²) in [6.07, 6.45) is 1.12. The summed E-state index contributed by atoms with van der Waals surface area (Å²) in [5.74, 6) is 1.35. The number of hydrogen-bond acceptors (Lipinski definition) is 3. The van der Waals surface area contributed by atoms with Crippen LogP contribution in [0.25, 0.3) is 0 Å². The van der Waals surface area contributed by atoms with Gasteiger partial charge >= 0.3 is 0 Å². The summed E-state index contributed by atoms with van der Waals surface area (Å²) >= 11 is 0. The Morgan fingerprint density at radius 1 is 1.10 bits per heavy atom. The molecule has 1 heterocycles. The second-order valence-corrected chi connectivity index (χ2v) is 5.95. The summed E-state index contributed by atoms with van der Waals surface area (Å²) < 4.78 is 5.88. The quantitative estimate of drug-likeness (QED) is 0.908. The minimum Gasteiger partial charge on any atom is -0.439 e. The van der Waals surface area contributed by atoms with Gasteiger partial charge < -0.3 is 9.84 Å². The van der Waals surface area contributed by atoms with E-state index in [1.807, 2.05) is 24.3 Å². The Morgan fingerprint density at radius 3 is 2.35 bits per heavy atom. The molecule has 2 aromatic rings.